The maximum absolute atomic E-state index is 11.6. The van der Waals surface area contributed by atoms with Crippen molar-refractivity contribution in [3.8, 4) is 5.75 Å². The number of hydrogen-bond acceptors (Lipinski definition) is 4. The monoisotopic (exact) mass is 236 g/mol. The summed E-state index contributed by atoms with van der Waals surface area (Å²) in [6.45, 7) is 1.95. The molecule has 2 rings (SSSR count). The highest BCUT2D eigenvalue weighted by Gasteiger charge is 2.13. The van der Waals surface area contributed by atoms with E-state index < -0.39 is 6.09 Å². The molecule has 0 radical (unpaired) electrons. The summed E-state index contributed by atoms with van der Waals surface area (Å²) in [7, 11) is 1.51. The smallest absolute Gasteiger partial charge is 0.433 e. The van der Waals surface area contributed by atoms with Crippen LogP contribution in [0.15, 0.2) is 23.0 Å². The van der Waals surface area contributed by atoms with Crippen molar-refractivity contribution in [3.05, 3.63) is 28.6 Å². The average Bonchev–Trinajstić information content (AvgIpc) is 2.67. The van der Waals surface area contributed by atoms with Crippen molar-refractivity contribution in [3.63, 3.8) is 0 Å². The minimum atomic E-state index is -0.607. The number of rotatable bonds is 2. The molecule has 2 aromatic rings. The van der Waals surface area contributed by atoms with Crippen LogP contribution in [0, 0.1) is 0 Å². The Balaban J connectivity index is 2.60. The van der Waals surface area contributed by atoms with Crippen LogP contribution in [0.4, 0.5) is 4.79 Å². The predicted octanol–water partition coefficient (Wildman–Crippen LogP) is 1.34. The molecule has 0 fully saturated rings. The van der Waals surface area contributed by atoms with Crippen molar-refractivity contribution in [2.45, 2.75) is 6.92 Å². The van der Waals surface area contributed by atoms with E-state index in [4.69, 9.17) is 9.47 Å². The summed E-state index contributed by atoms with van der Waals surface area (Å²) >= 11 is 0. The first-order valence-corrected chi connectivity index (χ1v) is 5.13. The Morgan fingerprint density at radius 3 is 2.88 bits per heavy atom. The van der Waals surface area contributed by atoms with Gasteiger partial charge in [-0.1, -0.05) is 0 Å². The third-order valence-electron chi connectivity index (χ3n) is 2.35. The van der Waals surface area contributed by atoms with Crippen LogP contribution in [0.25, 0.3) is 10.9 Å². The van der Waals surface area contributed by atoms with Gasteiger partial charge in [0.1, 0.15) is 5.75 Å². The second kappa shape index (κ2) is 4.32. The maximum Gasteiger partial charge on any atom is 0.433 e. The molecule has 0 bridgehead atoms. The van der Waals surface area contributed by atoms with Crippen LogP contribution in [-0.4, -0.2) is 29.6 Å². The van der Waals surface area contributed by atoms with Gasteiger partial charge in [0.15, 0.2) is 0 Å². The summed E-state index contributed by atoms with van der Waals surface area (Å²) in [5.74, 6) is 0.560. The first-order chi connectivity index (χ1) is 8.17. The molecule has 6 nitrogen and oxygen atoms in total. The predicted molar refractivity (Wildman–Crippen MR) is 61.5 cm³/mol. The number of H-pyrrole nitrogens is 1. The largest absolute Gasteiger partial charge is 0.497 e. The van der Waals surface area contributed by atoms with Crippen LogP contribution in [0.2, 0.25) is 0 Å². The molecule has 1 heterocycles. The normalized spacial score (nSPS) is 10.5. The molecule has 0 saturated carbocycles. The van der Waals surface area contributed by atoms with E-state index in [1.165, 1.54) is 7.11 Å². The molecule has 1 aromatic carbocycles. The highest BCUT2D eigenvalue weighted by molar-refractivity contribution is 5.88. The molecule has 17 heavy (non-hydrogen) atoms. The van der Waals surface area contributed by atoms with Crippen LogP contribution in [0.3, 0.4) is 0 Å². The average molecular weight is 236 g/mol. The minimum absolute atomic E-state index is 0.247. The Labute approximate surface area is 96.7 Å². The number of nitrogens with one attached hydrogen (secondary N) is 1. The number of nitrogens with zero attached hydrogens (tertiary/aromatic N) is 1. The summed E-state index contributed by atoms with van der Waals surface area (Å²) in [4.78, 5) is 23.2. The summed E-state index contributed by atoms with van der Waals surface area (Å²) in [5, 5.41) is 2.81. The molecule has 0 atom stereocenters. The number of carbonyl (C=O) groups excluding carboxylic acids is 1. The van der Waals surface area contributed by atoms with E-state index in [-0.39, 0.29) is 12.2 Å². The number of ether oxygens (including phenoxy) is 2. The van der Waals surface area contributed by atoms with Crippen LogP contribution < -0.4 is 10.3 Å². The topological polar surface area (TPSA) is 73.3 Å². The van der Waals surface area contributed by atoms with Crippen LogP contribution in [-0.2, 0) is 4.74 Å². The van der Waals surface area contributed by atoms with E-state index in [1.807, 2.05) is 0 Å². The molecular weight excluding hydrogens is 224 g/mol. The van der Waals surface area contributed by atoms with E-state index in [0.717, 1.165) is 4.68 Å². The Morgan fingerprint density at radius 1 is 1.47 bits per heavy atom. The molecule has 0 saturated heterocycles. The van der Waals surface area contributed by atoms with Gasteiger partial charge in [0, 0.05) is 0 Å². The van der Waals surface area contributed by atoms with Gasteiger partial charge >= 0.3 is 6.09 Å². The summed E-state index contributed by atoms with van der Waals surface area (Å²) in [6, 6.07) is 4.87. The van der Waals surface area contributed by atoms with Gasteiger partial charge in [0.2, 0.25) is 0 Å². The van der Waals surface area contributed by atoms with Gasteiger partial charge in [-0.05, 0) is 25.1 Å². The Bertz CT molecular complexity index is 611. The molecule has 1 aromatic heterocycles. The third-order valence-corrected chi connectivity index (χ3v) is 2.35. The zero-order valence-corrected chi connectivity index (χ0v) is 9.52. The second-order valence-corrected chi connectivity index (χ2v) is 3.36. The van der Waals surface area contributed by atoms with E-state index in [1.54, 1.807) is 25.1 Å². The number of benzene rings is 1. The number of aromatic nitrogens is 2. The SMILES string of the molecule is CCOC(=O)n1[nH]c(=O)c2cc(OC)ccc21. The van der Waals surface area contributed by atoms with E-state index in [0.29, 0.717) is 16.7 Å². The van der Waals surface area contributed by atoms with E-state index in [2.05, 4.69) is 5.10 Å². The lowest BCUT2D eigenvalue weighted by Crippen LogP contribution is -2.17. The molecule has 0 spiro atoms. The van der Waals surface area contributed by atoms with Gasteiger partial charge in [-0.2, -0.15) is 4.68 Å². The molecule has 6 heteroatoms. The van der Waals surface area contributed by atoms with Crippen LogP contribution in [0.5, 0.6) is 5.75 Å². The standard InChI is InChI=1S/C11H12N2O4/c1-3-17-11(15)13-9-5-4-7(16-2)6-8(9)10(14)12-13/h4-6H,3H2,1-2H3,(H,12,14). The number of hydrogen-bond donors (Lipinski definition) is 1. The first kappa shape index (κ1) is 11.3. The number of aromatic amines is 1. The van der Waals surface area contributed by atoms with E-state index in [9.17, 15) is 9.59 Å². The zero-order chi connectivity index (χ0) is 12.4. The molecule has 0 unspecified atom stereocenters. The lowest BCUT2D eigenvalue weighted by Gasteiger charge is -2.03. The number of methoxy groups -OCH3 is 1. The van der Waals surface area contributed by atoms with Crippen molar-refractivity contribution in [2.75, 3.05) is 13.7 Å². The molecule has 0 amide bonds. The lowest BCUT2D eigenvalue weighted by molar-refractivity contribution is 0.151. The van der Waals surface area contributed by atoms with Crippen molar-refractivity contribution in [2.24, 2.45) is 0 Å². The van der Waals surface area contributed by atoms with E-state index >= 15 is 0 Å². The van der Waals surface area contributed by atoms with Gasteiger partial charge in [-0.15, -0.1) is 0 Å². The molecule has 0 aliphatic heterocycles. The maximum atomic E-state index is 11.6. The van der Waals surface area contributed by atoms with Crippen molar-refractivity contribution < 1.29 is 14.3 Å². The van der Waals surface area contributed by atoms with Crippen molar-refractivity contribution >= 4 is 17.0 Å². The van der Waals surface area contributed by atoms with Crippen molar-refractivity contribution in [1.29, 1.82) is 0 Å². The van der Waals surface area contributed by atoms with Crippen molar-refractivity contribution in [1.82, 2.24) is 9.78 Å². The molecule has 1 N–H and O–H groups in total. The number of fused-ring (bicyclic) bond motifs is 1. The second-order valence-electron chi connectivity index (χ2n) is 3.36. The Hall–Kier alpha value is -2.24. The quantitative estimate of drug-likeness (QED) is 0.854. The first-order valence-electron chi connectivity index (χ1n) is 5.13. The Kier molecular flexibility index (Phi) is 2.86. The molecular formula is C11H12N2O4. The molecule has 90 valence electrons. The van der Waals surface area contributed by atoms with Gasteiger partial charge in [0.25, 0.3) is 5.56 Å². The number of carbonyl (C=O) groups is 1. The fourth-order valence-corrected chi connectivity index (χ4v) is 1.57. The van der Waals surface area contributed by atoms with Gasteiger partial charge in [-0.3, -0.25) is 9.89 Å². The summed E-state index contributed by atoms with van der Waals surface area (Å²) in [6.07, 6.45) is -0.607. The fraction of sp³-hybridized carbons (Fsp3) is 0.273. The highest BCUT2D eigenvalue weighted by Crippen LogP contribution is 2.17. The van der Waals surface area contributed by atoms with Gasteiger partial charge < -0.3 is 9.47 Å². The fourth-order valence-electron chi connectivity index (χ4n) is 1.57. The highest BCUT2D eigenvalue weighted by atomic mass is 16.6. The van der Waals surface area contributed by atoms with Gasteiger partial charge in [-0.25, -0.2) is 4.79 Å². The minimum Gasteiger partial charge on any atom is -0.497 e. The summed E-state index contributed by atoms with van der Waals surface area (Å²) < 4.78 is 10.9. The van der Waals surface area contributed by atoms with Crippen LogP contribution >= 0.6 is 0 Å². The third kappa shape index (κ3) is 1.89. The van der Waals surface area contributed by atoms with Crippen LogP contribution in [0.1, 0.15) is 6.92 Å². The zero-order valence-electron chi connectivity index (χ0n) is 9.52. The molecule has 0 aliphatic rings. The summed E-state index contributed by atoms with van der Waals surface area (Å²) in [5.41, 5.74) is 0.112. The Morgan fingerprint density at radius 2 is 2.24 bits per heavy atom. The van der Waals surface area contributed by atoms with Gasteiger partial charge in [0.05, 0.1) is 24.6 Å². The molecule has 0 aliphatic carbocycles. The lowest BCUT2D eigenvalue weighted by atomic mass is 10.2.